The second-order valence-electron chi connectivity index (χ2n) is 16.9. The van der Waals surface area contributed by atoms with E-state index in [0.29, 0.717) is 13.1 Å². The molecule has 3 aliphatic carbocycles. The Labute approximate surface area is 284 Å². The molecule has 2 aromatic heterocycles. The number of aromatic nitrogens is 4. The lowest BCUT2D eigenvalue weighted by atomic mass is 9.51. The van der Waals surface area contributed by atoms with Crippen LogP contribution in [0.15, 0.2) is 36.7 Å². The number of imidazole rings is 2. The SMILES string of the molecule is CC(C)(C)OC(=O)N1CCCC1c1ncc(C23CCC(c4ccc(-c5cnc(C6(C(C)(C)C)CCCN6C(=O)O)[nH]5)cc4)(CC2)CC3)[nH]1. The molecule has 0 radical (unpaired) electrons. The summed E-state index contributed by atoms with van der Waals surface area (Å²) >= 11 is 0. The highest BCUT2D eigenvalue weighted by molar-refractivity contribution is 5.69. The first-order chi connectivity index (χ1) is 22.7. The number of hydrogen-bond acceptors (Lipinski definition) is 5. The molecule has 5 fully saturated rings. The summed E-state index contributed by atoms with van der Waals surface area (Å²) in [4.78, 5) is 45.5. The van der Waals surface area contributed by atoms with Crippen molar-refractivity contribution in [3.8, 4) is 11.3 Å². The second kappa shape index (κ2) is 11.4. The van der Waals surface area contributed by atoms with Crippen LogP contribution in [0.2, 0.25) is 0 Å². The summed E-state index contributed by atoms with van der Waals surface area (Å²) in [5.41, 5.74) is 3.40. The van der Waals surface area contributed by atoms with E-state index in [9.17, 15) is 14.7 Å². The summed E-state index contributed by atoms with van der Waals surface area (Å²) in [6, 6.07) is 8.93. The summed E-state index contributed by atoms with van der Waals surface area (Å²) in [5.74, 6) is 1.62. The van der Waals surface area contributed by atoms with Crippen LogP contribution >= 0.6 is 0 Å². The van der Waals surface area contributed by atoms with Crippen molar-refractivity contribution in [2.45, 2.75) is 134 Å². The highest BCUT2D eigenvalue weighted by atomic mass is 16.6. The van der Waals surface area contributed by atoms with Crippen LogP contribution in [-0.2, 0) is 21.1 Å². The number of carbonyl (C=O) groups excluding carboxylic acids is 1. The Morgan fingerprint density at radius 2 is 1.52 bits per heavy atom. The van der Waals surface area contributed by atoms with Gasteiger partial charge in [0.25, 0.3) is 0 Å². The molecule has 2 atom stereocenters. The summed E-state index contributed by atoms with van der Waals surface area (Å²) in [7, 11) is 0. The molecule has 10 heteroatoms. The molecule has 0 spiro atoms. The normalized spacial score (nSPS) is 29.1. The van der Waals surface area contributed by atoms with Crippen LogP contribution in [0.25, 0.3) is 11.3 Å². The van der Waals surface area contributed by atoms with Crippen LogP contribution in [0.5, 0.6) is 0 Å². The van der Waals surface area contributed by atoms with Gasteiger partial charge in [0.15, 0.2) is 0 Å². The number of hydrogen-bond donors (Lipinski definition) is 3. The zero-order valence-electron chi connectivity index (χ0n) is 29.5. The summed E-state index contributed by atoms with van der Waals surface area (Å²) < 4.78 is 5.70. The smallest absolute Gasteiger partial charge is 0.410 e. The average Bonchev–Trinajstić information content (AvgIpc) is 3.86. The second-order valence-corrected chi connectivity index (χ2v) is 16.9. The minimum Gasteiger partial charge on any atom is -0.465 e. The lowest BCUT2D eigenvalue weighted by Gasteiger charge is -2.53. The number of benzene rings is 1. The largest absolute Gasteiger partial charge is 0.465 e. The Hall–Kier alpha value is -3.82. The number of rotatable bonds is 5. The van der Waals surface area contributed by atoms with Crippen molar-refractivity contribution >= 4 is 12.2 Å². The quantitative estimate of drug-likeness (QED) is 0.253. The van der Waals surface area contributed by atoms with Crippen molar-refractivity contribution < 1.29 is 19.4 Å². The molecule has 2 bridgehead atoms. The predicted molar refractivity (Wildman–Crippen MR) is 184 cm³/mol. The zero-order chi connectivity index (χ0) is 34.1. The van der Waals surface area contributed by atoms with Gasteiger partial charge < -0.3 is 19.8 Å². The number of carboxylic acid groups (broad SMARTS) is 1. The van der Waals surface area contributed by atoms with Crippen LogP contribution in [0.4, 0.5) is 9.59 Å². The van der Waals surface area contributed by atoms with E-state index in [1.165, 1.54) is 11.3 Å². The van der Waals surface area contributed by atoms with Crippen LogP contribution < -0.4 is 0 Å². The fourth-order valence-corrected chi connectivity index (χ4v) is 9.53. The van der Waals surface area contributed by atoms with Crippen molar-refractivity contribution in [1.29, 1.82) is 0 Å². The van der Waals surface area contributed by atoms with E-state index in [-0.39, 0.29) is 28.4 Å². The van der Waals surface area contributed by atoms with Gasteiger partial charge in [0.1, 0.15) is 22.8 Å². The lowest BCUT2D eigenvalue weighted by Crippen LogP contribution is -2.53. The number of nitrogens with zero attached hydrogens (tertiary/aromatic N) is 4. The third-order valence-corrected chi connectivity index (χ3v) is 12.2. The number of nitrogens with one attached hydrogen (secondary N) is 2. The molecule has 3 aromatic rings. The number of aromatic amines is 2. The minimum atomic E-state index is -0.889. The van der Waals surface area contributed by atoms with Crippen LogP contribution in [0.3, 0.4) is 0 Å². The number of likely N-dealkylation sites (tertiary alicyclic amines) is 2. The molecule has 1 aromatic carbocycles. The van der Waals surface area contributed by atoms with Gasteiger partial charge in [-0.15, -0.1) is 0 Å². The molecular formula is C38H52N6O4. The molecule has 3 N–H and O–H groups in total. The molecule has 8 rings (SSSR count). The average molecular weight is 657 g/mol. The standard InChI is InChI=1S/C38H52N6O4/c1-34(2,3)38(14-8-22-44(38)32(45)46)31-40-23-27(41-31)25-10-12-26(13-11-25)36-15-18-37(19-16-36,20-17-36)29-24-39-30(42-29)28-9-7-21-43(28)33(47)48-35(4,5)6/h10-13,23-24,28H,7-9,14-22H2,1-6H3,(H,39,42)(H,40,41)(H,45,46). The number of carbonyl (C=O) groups is 2. The van der Waals surface area contributed by atoms with Gasteiger partial charge in [0.05, 0.1) is 17.9 Å². The van der Waals surface area contributed by atoms with Crippen LogP contribution in [0, 0.1) is 5.41 Å². The monoisotopic (exact) mass is 656 g/mol. The maximum atomic E-state index is 12.9. The van der Waals surface area contributed by atoms with Gasteiger partial charge in [0.2, 0.25) is 0 Å². The van der Waals surface area contributed by atoms with E-state index in [0.717, 1.165) is 87.1 Å². The van der Waals surface area contributed by atoms with Crippen molar-refractivity contribution in [3.63, 3.8) is 0 Å². The van der Waals surface area contributed by atoms with Gasteiger partial charge in [0, 0.05) is 30.4 Å². The zero-order valence-corrected chi connectivity index (χ0v) is 29.5. The molecule has 2 unspecified atom stereocenters. The molecule has 258 valence electrons. The van der Waals surface area contributed by atoms with Crippen LogP contribution in [-0.4, -0.2) is 65.7 Å². The fraction of sp³-hybridized carbons (Fsp3) is 0.632. The molecule has 2 amide bonds. The van der Waals surface area contributed by atoms with Gasteiger partial charge in [-0.3, -0.25) is 9.80 Å². The topological polar surface area (TPSA) is 127 Å². The number of amides is 2. The lowest BCUT2D eigenvalue weighted by molar-refractivity contribution is 0.0213. The summed E-state index contributed by atoms with van der Waals surface area (Å²) in [6.07, 6.45) is 13.0. The fourth-order valence-electron chi connectivity index (χ4n) is 9.53. The van der Waals surface area contributed by atoms with E-state index in [1.807, 2.05) is 38.1 Å². The Morgan fingerprint density at radius 3 is 2.15 bits per heavy atom. The van der Waals surface area contributed by atoms with E-state index in [4.69, 9.17) is 14.7 Å². The van der Waals surface area contributed by atoms with E-state index >= 15 is 0 Å². The molecule has 10 nitrogen and oxygen atoms in total. The van der Waals surface area contributed by atoms with Crippen LogP contribution in [0.1, 0.15) is 135 Å². The Bertz CT molecular complexity index is 1650. The van der Waals surface area contributed by atoms with Gasteiger partial charge >= 0.3 is 12.2 Å². The molecular weight excluding hydrogens is 604 g/mol. The Kier molecular flexibility index (Phi) is 7.75. The molecule has 48 heavy (non-hydrogen) atoms. The first kappa shape index (κ1) is 32.7. The predicted octanol–water partition coefficient (Wildman–Crippen LogP) is 8.43. The highest BCUT2D eigenvalue weighted by Crippen LogP contribution is 2.58. The van der Waals surface area contributed by atoms with Gasteiger partial charge in [-0.25, -0.2) is 19.6 Å². The first-order valence-corrected chi connectivity index (χ1v) is 17.9. The van der Waals surface area contributed by atoms with Gasteiger partial charge in [-0.05, 0) is 107 Å². The molecule has 2 saturated heterocycles. The van der Waals surface area contributed by atoms with Gasteiger partial charge in [-0.1, -0.05) is 45.0 Å². The molecule has 4 heterocycles. The summed E-state index contributed by atoms with van der Waals surface area (Å²) in [5, 5.41) is 10.1. The maximum Gasteiger partial charge on any atom is 0.410 e. The minimum absolute atomic E-state index is 0.0611. The number of ether oxygens (including phenoxy) is 1. The van der Waals surface area contributed by atoms with Crippen molar-refractivity contribution in [3.05, 3.63) is 59.6 Å². The Balaban J connectivity index is 1.05. The number of fused-ring (bicyclic) bond motifs is 3. The first-order valence-electron chi connectivity index (χ1n) is 17.9. The third-order valence-electron chi connectivity index (χ3n) is 12.2. The van der Waals surface area contributed by atoms with E-state index in [1.54, 1.807) is 4.90 Å². The maximum absolute atomic E-state index is 12.9. The van der Waals surface area contributed by atoms with E-state index < -0.39 is 17.2 Å². The van der Waals surface area contributed by atoms with Crippen molar-refractivity contribution in [2.24, 2.45) is 5.41 Å². The molecule has 3 saturated carbocycles. The third kappa shape index (κ3) is 5.30. The molecule has 5 aliphatic rings. The number of H-pyrrole nitrogens is 2. The van der Waals surface area contributed by atoms with E-state index in [2.05, 4.69) is 55.0 Å². The molecule has 2 aliphatic heterocycles. The highest BCUT2D eigenvalue weighted by Gasteiger charge is 2.55. The van der Waals surface area contributed by atoms with Crippen molar-refractivity contribution in [1.82, 2.24) is 29.7 Å². The van der Waals surface area contributed by atoms with Crippen molar-refractivity contribution in [2.75, 3.05) is 13.1 Å². The summed E-state index contributed by atoms with van der Waals surface area (Å²) in [6.45, 7) is 13.3. The Morgan fingerprint density at radius 1 is 0.854 bits per heavy atom. The van der Waals surface area contributed by atoms with Gasteiger partial charge in [-0.2, -0.15) is 0 Å².